The van der Waals surface area contributed by atoms with Crippen LogP contribution in [0, 0.1) is 11.9 Å². The van der Waals surface area contributed by atoms with Gasteiger partial charge in [-0.3, -0.25) is 0 Å². The van der Waals surface area contributed by atoms with E-state index < -0.39 is 17.9 Å². The number of aliphatic hydroxyl groups is 1. The maximum Gasteiger partial charge on any atom is 0.319 e. The van der Waals surface area contributed by atoms with Crippen LogP contribution in [0.4, 0.5) is 19.3 Å². The smallest absolute Gasteiger partial charge is 0.319 e. The maximum absolute atomic E-state index is 13.2. The number of carbonyl (C=O) groups is 1. The molecule has 5 nitrogen and oxygen atoms in total. The van der Waals surface area contributed by atoms with Gasteiger partial charge in [0.1, 0.15) is 0 Å². The van der Waals surface area contributed by atoms with Gasteiger partial charge in [0.15, 0.2) is 0 Å². The van der Waals surface area contributed by atoms with E-state index in [4.69, 9.17) is 0 Å². The molecule has 1 aliphatic rings. The van der Waals surface area contributed by atoms with Gasteiger partial charge in [0.2, 0.25) is 11.9 Å². The Morgan fingerprint density at radius 3 is 2.58 bits per heavy atom. The lowest BCUT2D eigenvalue weighted by Crippen LogP contribution is -2.41. The molecule has 0 aliphatic heterocycles. The van der Waals surface area contributed by atoms with Crippen LogP contribution in [0.2, 0.25) is 0 Å². The van der Waals surface area contributed by atoms with Crippen molar-refractivity contribution in [1.82, 2.24) is 10.3 Å². The fraction of sp³-hybridized carbons (Fsp3) is 0.500. The standard InChI is InChI=1S/C12H15F2N3O2/c13-10-6-5-9(11(14)17-10)16-12(19)15-7-1-3-8(18)4-2-7/h5-8,18H,1-4H2,(H2,15,16,19). The first-order valence-corrected chi connectivity index (χ1v) is 6.12. The van der Waals surface area contributed by atoms with Crippen molar-refractivity contribution in [3.05, 3.63) is 24.0 Å². The summed E-state index contributed by atoms with van der Waals surface area (Å²) in [5, 5.41) is 14.3. The Kier molecular flexibility index (Phi) is 4.26. The topological polar surface area (TPSA) is 74.2 Å². The van der Waals surface area contributed by atoms with Gasteiger partial charge in [0, 0.05) is 6.04 Å². The normalized spacial score (nSPS) is 22.9. The van der Waals surface area contributed by atoms with Crippen LogP contribution in [0.25, 0.3) is 0 Å². The van der Waals surface area contributed by atoms with E-state index >= 15 is 0 Å². The monoisotopic (exact) mass is 271 g/mol. The first-order valence-electron chi connectivity index (χ1n) is 6.12. The van der Waals surface area contributed by atoms with Crippen molar-refractivity contribution in [2.24, 2.45) is 0 Å². The van der Waals surface area contributed by atoms with Gasteiger partial charge in [-0.25, -0.2) is 4.79 Å². The second-order valence-corrected chi connectivity index (χ2v) is 4.58. The number of pyridine rings is 1. The summed E-state index contributed by atoms with van der Waals surface area (Å²) in [6.07, 6.45) is 2.33. The van der Waals surface area contributed by atoms with E-state index in [9.17, 15) is 18.7 Å². The summed E-state index contributed by atoms with van der Waals surface area (Å²) in [5.41, 5.74) is -0.172. The van der Waals surface area contributed by atoms with Crippen molar-refractivity contribution in [2.75, 3.05) is 5.32 Å². The van der Waals surface area contributed by atoms with Crippen molar-refractivity contribution in [2.45, 2.75) is 37.8 Å². The molecule has 1 fully saturated rings. The highest BCUT2D eigenvalue weighted by Gasteiger charge is 2.21. The molecule has 3 N–H and O–H groups in total. The fourth-order valence-electron chi connectivity index (χ4n) is 2.07. The number of urea groups is 1. The molecule has 1 heterocycles. The Morgan fingerprint density at radius 1 is 1.26 bits per heavy atom. The third-order valence-corrected chi connectivity index (χ3v) is 3.09. The molecule has 104 valence electrons. The van der Waals surface area contributed by atoms with Crippen molar-refractivity contribution in [3.63, 3.8) is 0 Å². The van der Waals surface area contributed by atoms with Gasteiger partial charge in [-0.15, -0.1) is 0 Å². The summed E-state index contributed by atoms with van der Waals surface area (Å²) in [7, 11) is 0. The molecule has 1 aromatic rings. The number of halogens is 2. The third-order valence-electron chi connectivity index (χ3n) is 3.09. The van der Waals surface area contributed by atoms with Crippen molar-refractivity contribution in [1.29, 1.82) is 0 Å². The maximum atomic E-state index is 13.2. The van der Waals surface area contributed by atoms with Crippen LogP contribution in [-0.2, 0) is 0 Å². The molecule has 0 bridgehead atoms. The molecule has 1 aliphatic carbocycles. The largest absolute Gasteiger partial charge is 0.393 e. The highest BCUT2D eigenvalue weighted by atomic mass is 19.1. The number of hydrogen-bond donors (Lipinski definition) is 3. The Morgan fingerprint density at radius 2 is 1.95 bits per heavy atom. The molecule has 1 saturated carbocycles. The van der Waals surface area contributed by atoms with E-state index in [2.05, 4.69) is 15.6 Å². The van der Waals surface area contributed by atoms with Crippen LogP contribution >= 0.6 is 0 Å². The van der Waals surface area contributed by atoms with E-state index in [0.717, 1.165) is 12.1 Å². The average Bonchev–Trinajstić information content (AvgIpc) is 2.36. The molecule has 0 unspecified atom stereocenters. The molecule has 7 heteroatoms. The molecular weight excluding hydrogens is 256 g/mol. The summed E-state index contributed by atoms with van der Waals surface area (Å²) in [6.45, 7) is 0. The zero-order valence-electron chi connectivity index (χ0n) is 10.2. The second-order valence-electron chi connectivity index (χ2n) is 4.58. The van der Waals surface area contributed by atoms with Gasteiger partial charge in [-0.2, -0.15) is 13.8 Å². The van der Waals surface area contributed by atoms with Crippen LogP contribution in [0.3, 0.4) is 0 Å². The Bertz CT molecular complexity index is 462. The first kappa shape index (κ1) is 13.7. The minimum Gasteiger partial charge on any atom is -0.393 e. The van der Waals surface area contributed by atoms with Crippen LogP contribution in [0.5, 0.6) is 0 Å². The highest BCUT2D eigenvalue weighted by Crippen LogP contribution is 2.18. The molecule has 2 amide bonds. The van der Waals surface area contributed by atoms with Crippen LogP contribution in [-0.4, -0.2) is 28.3 Å². The Labute approximate surface area is 109 Å². The number of rotatable bonds is 2. The number of nitrogens with one attached hydrogen (secondary N) is 2. The predicted molar refractivity (Wildman–Crippen MR) is 64.6 cm³/mol. The Balaban J connectivity index is 1.87. The Hall–Kier alpha value is -1.76. The lowest BCUT2D eigenvalue weighted by atomic mass is 9.93. The SMILES string of the molecule is O=C(Nc1ccc(F)nc1F)NC1CCC(O)CC1. The molecule has 0 radical (unpaired) electrons. The summed E-state index contributed by atoms with van der Waals surface area (Å²) in [5.74, 6) is -2.00. The molecule has 2 rings (SSSR count). The molecule has 1 aromatic heterocycles. The van der Waals surface area contributed by atoms with Gasteiger partial charge >= 0.3 is 6.03 Å². The molecule has 0 atom stereocenters. The second kappa shape index (κ2) is 5.92. The van der Waals surface area contributed by atoms with Crippen LogP contribution in [0.1, 0.15) is 25.7 Å². The number of carbonyl (C=O) groups excluding carboxylic acids is 1. The van der Waals surface area contributed by atoms with Crippen molar-refractivity contribution in [3.8, 4) is 0 Å². The number of amides is 2. The molecule has 0 spiro atoms. The van der Waals surface area contributed by atoms with Crippen molar-refractivity contribution >= 4 is 11.7 Å². The summed E-state index contributed by atoms with van der Waals surface area (Å²) in [6, 6.07) is 1.48. The zero-order chi connectivity index (χ0) is 13.8. The van der Waals surface area contributed by atoms with E-state index in [1.165, 1.54) is 0 Å². The van der Waals surface area contributed by atoms with Gasteiger partial charge in [-0.1, -0.05) is 0 Å². The predicted octanol–water partition coefficient (Wildman–Crippen LogP) is 1.78. The highest BCUT2D eigenvalue weighted by molar-refractivity contribution is 5.89. The lowest BCUT2D eigenvalue weighted by Gasteiger charge is -2.26. The van der Waals surface area contributed by atoms with Gasteiger partial charge in [0.05, 0.1) is 11.8 Å². The van der Waals surface area contributed by atoms with E-state index in [1.807, 2.05) is 0 Å². The van der Waals surface area contributed by atoms with Crippen LogP contribution < -0.4 is 10.6 Å². The van der Waals surface area contributed by atoms with Crippen LogP contribution in [0.15, 0.2) is 12.1 Å². The molecular formula is C12H15F2N3O2. The average molecular weight is 271 g/mol. The van der Waals surface area contributed by atoms with E-state index in [1.54, 1.807) is 0 Å². The van der Waals surface area contributed by atoms with Gasteiger partial charge in [-0.05, 0) is 37.8 Å². The number of nitrogens with zero attached hydrogens (tertiary/aromatic N) is 1. The summed E-state index contributed by atoms with van der Waals surface area (Å²) in [4.78, 5) is 14.6. The van der Waals surface area contributed by atoms with Crippen molar-refractivity contribution < 1.29 is 18.7 Å². The first-order chi connectivity index (χ1) is 9.04. The minimum absolute atomic E-state index is 0.0418. The number of aromatic nitrogens is 1. The van der Waals surface area contributed by atoms with E-state index in [0.29, 0.717) is 25.7 Å². The number of anilines is 1. The molecule has 19 heavy (non-hydrogen) atoms. The lowest BCUT2D eigenvalue weighted by molar-refractivity contribution is 0.118. The number of hydrogen-bond acceptors (Lipinski definition) is 3. The number of aliphatic hydroxyl groups excluding tert-OH is 1. The fourth-order valence-corrected chi connectivity index (χ4v) is 2.07. The van der Waals surface area contributed by atoms with Gasteiger partial charge < -0.3 is 15.7 Å². The third kappa shape index (κ3) is 3.85. The summed E-state index contributed by atoms with van der Waals surface area (Å²) >= 11 is 0. The summed E-state index contributed by atoms with van der Waals surface area (Å²) < 4.78 is 25.8. The van der Waals surface area contributed by atoms with E-state index in [-0.39, 0.29) is 17.8 Å². The molecule has 0 aromatic carbocycles. The van der Waals surface area contributed by atoms with Gasteiger partial charge in [0.25, 0.3) is 0 Å². The zero-order valence-corrected chi connectivity index (χ0v) is 10.2. The molecule has 0 saturated heterocycles. The quantitative estimate of drug-likeness (QED) is 0.718. The minimum atomic E-state index is -1.06.